The molecule has 6 nitrogen and oxygen atoms in total. The summed E-state index contributed by atoms with van der Waals surface area (Å²) in [6.45, 7) is 0.732. The summed E-state index contributed by atoms with van der Waals surface area (Å²) in [5, 5.41) is 9.48. The maximum atomic E-state index is 12.6. The zero-order valence-corrected chi connectivity index (χ0v) is 14.2. The minimum absolute atomic E-state index is 0.134. The van der Waals surface area contributed by atoms with Gasteiger partial charge >= 0.3 is 0 Å². The minimum atomic E-state index is -3.60. The second-order valence-electron chi connectivity index (χ2n) is 4.65. The van der Waals surface area contributed by atoms with Crippen LogP contribution in [0.25, 0.3) is 0 Å². The quantitative estimate of drug-likeness (QED) is 0.808. The average molecular weight is 373 g/mol. The molecule has 2 rings (SSSR count). The largest absolute Gasteiger partial charge is 0.316 e. The molecule has 1 aromatic heterocycles. The van der Waals surface area contributed by atoms with Gasteiger partial charge in [0.2, 0.25) is 0 Å². The normalized spacial score (nSPS) is 12.0. The second-order valence-corrected chi connectivity index (χ2v) is 7.54. The van der Waals surface area contributed by atoms with Crippen LogP contribution in [0.4, 0.5) is 0 Å². The first kappa shape index (κ1) is 16.2. The van der Waals surface area contributed by atoms with Gasteiger partial charge in [0.15, 0.2) is 5.03 Å². The van der Waals surface area contributed by atoms with E-state index in [-0.39, 0.29) is 5.03 Å². The van der Waals surface area contributed by atoms with Gasteiger partial charge in [-0.2, -0.15) is 9.40 Å². The van der Waals surface area contributed by atoms with E-state index in [2.05, 4.69) is 31.4 Å². The molecule has 0 fully saturated rings. The highest BCUT2D eigenvalue weighted by molar-refractivity contribution is 9.10. The summed E-state index contributed by atoms with van der Waals surface area (Å²) in [5.41, 5.74) is 1.53. The van der Waals surface area contributed by atoms with E-state index in [1.807, 2.05) is 24.3 Å². The molecule has 8 heteroatoms. The molecule has 0 unspecified atom stereocenters. The molecule has 0 spiro atoms. The summed E-state index contributed by atoms with van der Waals surface area (Å²) >= 11 is 3.38. The van der Waals surface area contributed by atoms with Gasteiger partial charge in [0.1, 0.15) is 0 Å². The lowest BCUT2D eigenvalue weighted by Crippen LogP contribution is -2.28. The van der Waals surface area contributed by atoms with Gasteiger partial charge in [-0.15, -0.1) is 0 Å². The lowest BCUT2D eigenvalue weighted by Gasteiger charge is -2.17. The fourth-order valence-corrected chi connectivity index (χ4v) is 3.67. The fraction of sp³-hybridized carbons (Fsp3) is 0.308. The molecule has 0 saturated heterocycles. The topological polar surface area (TPSA) is 78.1 Å². The highest BCUT2D eigenvalue weighted by Crippen LogP contribution is 2.19. The number of H-pyrrole nitrogens is 1. The van der Waals surface area contributed by atoms with Crippen LogP contribution in [0, 0.1) is 0 Å². The van der Waals surface area contributed by atoms with Crippen molar-refractivity contribution in [3.8, 4) is 0 Å². The number of nitrogens with one attached hydrogen (secondary N) is 2. The number of benzene rings is 1. The zero-order valence-electron chi connectivity index (χ0n) is 11.8. The Balaban J connectivity index is 2.24. The van der Waals surface area contributed by atoms with Crippen LogP contribution >= 0.6 is 15.9 Å². The van der Waals surface area contributed by atoms with Gasteiger partial charge in [-0.3, -0.25) is 5.10 Å². The lowest BCUT2D eigenvalue weighted by molar-refractivity contribution is 0.462. The lowest BCUT2D eigenvalue weighted by atomic mass is 10.2. The van der Waals surface area contributed by atoms with Gasteiger partial charge in [0, 0.05) is 30.2 Å². The number of aromatic amines is 1. The molecule has 0 amide bonds. The van der Waals surface area contributed by atoms with Gasteiger partial charge < -0.3 is 5.32 Å². The van der Waals surface area contributed by atoms with Gasteiger partial charge in [-0.05, 0) is 24.7 Å². The molecule has 0 aliphatic carbocycles. The van der Waals surface area contributed by atoms with Crippen molar-refractivity contribution in [2.45, 2.75) is 18.1 Å². The molecule has 0 bridgehead atoms. The van der Waals surface area contributed by atoms with Crippen LogP contribution in [0.5, 0.6) is 0 Å². The third-order valence-corrected chi connectivity index (χ3v) is 5.32. The fourth-order valence-electron chi connectivity index (χ4n) is 1.97. The Kier molecular flexibility index (Phi) is 5.15. The molecular formula is C13H17BrN4O2S. The Morgan fingerprint density at radius 1 is 1.43 bits per heavy atom. The molecule has 0 saturated carbocycles. The highest BCUT2D eigenvalue weighted by Gasteiger charge is 2.25. The number of sulfonamides is 1. The van der Waals surface area contributed by atoms with E-state index >= 15 is 0 Å². The number of hydrogen-bond donors (Lipinski definition) is 2. The molecule has 0 radical (unpaired) electrons. The van der Waals surface area contributed by atoms with Crippen molar-refractivity contribution in [3.63, 3.8) is 0 Å². The maximum Gasteiger partial charge on any atom is 0.260 e. The van der Waals surface area contributed by atoms with Gasteiger partial charge in [-0.25, -0.2) is 8.42 Å². The molecule has 1 heterocycles. The first-order valence-corrected chi connectivity index (χ1v) is 8.56. The minimum Gasteiger partial charge on any atom is -0.316 e. The van der Waals surface area contributed by atoms with Crippen LogP contribution in [0.2, 0.25) is 0 Å². The summed E-state index contributed by atoms with van der Waals surface area (Å²) in [7, 11) is -0.285. The molecule has 2 aromatic rings. The van der Waals surface area contributed by atoms with Crippen molar-refractivity contribution in [1.82, 2.24) is 19.8 Å². The molecule has 21 heavy (non-hydrogen) atoms. The number of aromatic nitrogens is 2. The summed E-state index contributed by atoms with van der Waals surface area (Å²) in [6, 6.07) is 7.56. The summed E-state index contributed by atoms with van der Waals surface area (Å²) in [4.78, 5) is 0. The van der Waals surface area contributed by atoms with Crippen LogP contribution in [0.15, 0.2) is 40.0 Å². The molecule has 1 aromatic carbocycles. The monoisotopic (exact) mass is 372 g/mol. The van der Waals surface area contributed by atoms with Crippen LogP contribution in [-0.4, -0.2) is 37.0 Å². The third kappa shape index (κ3) is 3.70. The van der Waals surface area contributed by atoms with E-state index in [1.54, 1.807) is 14.1 Å². The number of halogens is 1. The summed E-state index contributed by atoms with van der Waals surface area (Å²) in [5.74, 6) is 0. The first-order valence-electron chi connectivity index (χ1n) is 6.32. The summed E-state index contributed by atoms with van der Waals surface area (Å²) < 4.78 is 27.4. The van der Waals surface area contributed by atoms with Crippen LogP contribution in [0.3, 0.4) is 0 Å². The number of hydrogen-bond acceptors (Lipinski definition) is 4. The Hall–Kier alpha value is -1.22. The van der Waals surface area contributed by atoms with Gasteiger partial charge in [0.25, 0.3) is 10.0 Å². The van der Waals surface area contributed by atoms with Crippen molar-refractivity contribution < 1.29 is 8.42 Å². The molecule has 2 N–H and O–H groups in total. The predicted molar refractivity (Wildman–Crippen MR) is 84.1 cm³/mol. The maximum absolute atomic E-state index is 12.6. The van der Waals surface area contributed by atoms with Crippen LogP contribution in [-0.2, 0) is 23.1 Å². The van der Waals surface area contributed by atoms with Crippen LogP contribution in [0.1, 0.15) is 11.1 Å². The van der Waals surface area contributed by atoms with Gasteiger partial charge in [-0.1, -0.05) is 28.1 Å². The van der Waals surface area contributed by atoms with E-state index in [9.17, 15) is 8.42 Å². The summed E-state index contributed by atoms with van der Waals surface area (Å²) in [6.07, 6.45) is 1.52. The number of rotatable bonds is 6. The SMILES string of the molecule is CNCc1cn[nH]c1S(=O)(=O)N(C)Cc1cccc(Br)c1. The molecule has 0 aliphatic heterocycles. The standard InChI is InChI=1S/C13H17BrN4O2S/c1-15-7-11-8-16-17-13(11)21(19,20)18(2)9-10-4-3-5-12(14)6-10/h3-6,8,15H,7,9H2,1-2H3,(H,16,17). The Morgan fingerprint density at radius 2 is 2.19 bits per heavy atom. The van der Waals surface area contributed by atoms with E-state index in [0.29, 0.717) is 18.7 Å². The van der Waals surface area contributed by atoms with Crippen molar-refractivity contribution in [2.75, 3.05) is 14.1 Å². The van der Waals surface area contributed by atoms with Gasteiger partial charge in [0.05, 0.1) is 6.20 Å². The number of nitrogens with zero attached hydrogens (tertiary/aromatic N) is 2. The van der Waals surface area contributed by atoms with Crippen molar-refractivity contribution in [3.05, 3.63) is 46.1 Å². The predicted octanol–water partition coefficient (Wildman–Crippen LogP) is 1.71. The van der Waals surface area contributed by atoms with Crippen molar-refractivity contribution in [2.24, 2.45) is 0 Å². The zero-order chi connectivity index (χ0) is 15.5. The van der Waals surface area contributed by atoms with E-state index in [0.717, 1.165) is 10.0 Å². The smallest absolute Gasteiger partial charge is 0.260 e. The Morgan fingerprint density at radius 3 is 2.86 bits per heavy atom. The molecule has 0 atom stereocenters. The van der Waals surface area contributed by atoms with E-state index in [4.69, 9.17) is 0 Å². The first-order chi connectivity index (χ1) is 9.95. The van der Waals surface area contributed by atoms with E-state index in [1.165, 1.54) is 10.5 Å². The van der Waals surface area contributed by atoms with Crippen molar-refractivity contribution >= 4 is 26.0 Å². The second kappa shape index (κ2) is 6.69. The molecule has 114 valence electrons. The van der Waals surface area contributed by atoms with Crippen LogP contribution < -0.4 is 5.32 Å². The highest BCUT2D eigenvalue weighted by atomic mass is 79.9. The average Bonchev–Trinajstić information content (AvgIpc) is 2.88. The Bertz CT molecular complexity index is 714. The Labute approximate surface area is 132 Å². The molecule has 0 aliphatic rings. The van der Waals surface area contributed by atoms with Crippen molar-refractivity contribution in [1.29, 1.82) is 0 Å². The third-order valence-electron chi connectivity index (χ3n) is 3.01. The molecular weight excluding hydrogens is 356 g/mol. The van der Waals surface area contributed by atoms with E-state index < -0.39 is 10.0 Å².